The quantitative estimate of drug-likeness (QED) is 0.328. The van der Waals surface area contributed by atoms with Gasteiger partial charge >= 0.3 is 29.6 Å². The molecular weight excluding hydrogens is 225 g/mol. The summed E-state index contributed by atoms with van der Waals surface area (Å²) in [5.74, 6) is -0.289. The largest absolute Gasteiger partial charge is 1.00 e. The number of hydroxylamine groups is 2. The molecule has 4 heteroatoms. The molecule has 0 fully saturated rings. The van der Waals surface area contributed by atoms with Crippen molar-refractivity contribution in [2.75, 3.05) is 7.05 Å². The fourth-order valence-electron chi connectivity index (χ4n) is 1.74. The van der Waals surface area contributed by atoms with E-state index in [1.807, 2.05) is 0 Å². The van der Waals surface area contributed by atoms with Crippen molar-refractivity contribution in [3.05, 3.63) is 5.21 Å². The van der Waals surface area contributed by atoms with Gasteiger partial charge < -0.3 is 10.3 Å². The second-order valence-electron chi connectivity index (χ2n) is 4.47. The molecule has 0 saturated heterocycles. The average Bonchev–Trinajstić information content (AvgIpc) is 2.26. The van der Waals surface area contributed by atoms with E-state index in [1.54, 1.807) is 0 Å². The van der Waals surface area contributed by atoms with Crippen LogP contribution in [0.1, 0.15) is 71.1 Å². The van der Waals surface area contributed by atoms with E-state index < -0.39 is 0 Å². The van der Waals surface area contributed by atoms with Gasteiger partial charge in [0, 0.05) is 6.42 Å². The third-order valence-corrected chi connectivity index (χ3v) is 2.85. The Kier molecular flexibility index (Phi) is 16.8. The Morgan fingerprint density at radius 1 is 0.941 bits per heavy atom. The number of unbranched alkanes of at least 4 members (excludes halogenated alkanes) is 8. The van der Waals surface area contributed by atoms with Crippen molar-refractivity contribution in [2.45, 2.75) is 71.1 Å². The zero-order valence-electron chi connectivity index (χ0n) is 11.8. The maximum absolute atomic E-state index is 11.0. The van der Waals surface area contributed by atoms with Crippen LogP contribution in [0.3, 0.4) is 0 Å². The van der Waals surface area contributed by atoms with Crippen LogP contribution in [0.25, 0.3) is 0 Å². The molecule has 0 aromatic carbocycles. The number of hydrogen-bond donors (Lipinski definition) is 0. The van der Waals surface area contributed by atoms with E-state index in [9.17, 15) is 10.0 Å². The van der Waals surface area contributed by atoms with Crippen molar-refractivity contribution < 1.29 is 34.4 Å². The fourth-order valence-corrected chi connectivity index (χ4v) is 1.74. The third kappa shape index (κ3) is 14.4. The second kappa shape index (κ2) is 14.5. The van der Waals surface area contributed by atoms with E-state index in [0.717, 1.165) is 12.8 Å². The van der Waals surface area contributed by atoms with Gasteiger partial charge in [0.05, 0.1) is 0 Å². The zero-order chi connectivity index (χ0) is 12.2. The summed E-state index contributed by atoms with van der Waals surface area (Å²) in [4.78, 5) is 11.0. The monoisotopic (exact) mass is 251 g/mol. The molecule has 96 valence electrons. The van der Waals surface area contributed by atoms with Crippen molar-refractivity contribution in [3.8, 4) is 0 Å². The first kappa shape index (κ1) is 19.8. The normalized spacial score (nSPS) is 9.82. The minimum Gasteiger partial charge on any atom is -0.756 e. The van der Waals surface area contributed by atoms with E-state index >= 15 is 0 Å². The molecule has 0 saturated carbocycles. The van der Waals surface area contributed by atoms with Crippen LogP contribution in [0.2, 0.25) is 0 Å². The van der Waals surface area contributed by atoms with Gasteiger partial charge in [-0.25, -0.2) is 0 Å². The van der Waals surface area contributed by atoms with Gasteiger partial charge in [-0.1, -0.05) is 58.3 Å². The number of carbonyl (C=O) groups excluding carboxylic acids is 1. The smallest absolute Gasteiger partial charge is 0.756 e. The van der Waals surface area contributed by atoms with Crippen LogP contribution < -0.4 is 29.6 Å². The molecule has 0 bridgehead atoms. The third-order valence-electron chi connectivity index (χ3n) is 2.85. The summed E-state index contributed by atoms with van der Waals surface area (Å²) in [5.41, 5.74) is 0. The summed E-state index contributed by atoms with van der Waals surface area (Å²) in [6, 6.07) is 0. The van der Waals surface area contributed by atoms with Gasteiger partial charge in [0.15, 0.2) is 0 Å². The van der Waals surface area contributed by atoms with Crippen molar-refractivity contribution >= 4 is 5.91 Å². The number of hydrogen-bond acceptors (Lipinski definition) is 2. The molecule has 0 heterocycles. The van der Waals surface area contributed by atoms with Gasteiger partial charge in [0.25, 0.3) is 0 Å². The standard InChI is InChI=1S/C13H26NO2.Na/c1-3-4-5-6-7-8-9-10-11-12-13(15)14(2)16;/h3-12H2,1-2H3;/q-1;+1. The molecule has 0 spiro atoms. The minimum absolute atomic E-state index is 0. The van der Waals surface area contributed by atoms with Crippen LogP contribution in [0.5, 0.6) is 0 Å². The molecule has 0 rings (SSSR count). The Balaban J connectivity index is 0. The van der Waals surface area contributed by atoms with Crippen LogP contribution in [-0.4, -0.2) is 18.0 Å². The van der Waals surface area contributed by atoms with Gasteiger partial charge in [-0.15, -0.1) is 0 Å². The maximum Gasteiger partial charge on any atom is 1.00 e. The first-order chi connectivity index (χ1) is 7.68. The van der Waals surface area contributed by atoms with Crippen LogP contribution in [0.15, 0.2) is 0 Å². The SMILES string of the molecule is CCCCCCCCCCCC(=O)N(C)[O-].[Na+]. The number of amides is 1. The summed E-state index contributed by atoms with van der Waals surface area (Å²) in [6.07, 6.45) is 11.5. The molecule has 0 unspecified atom stereocenters. The molecule has 1 amide bonds. The van der Waals surface area contributed by atoms with Crippen LogP contribution in [-0.2, 0) is 4.79 Å². The van der Waals surface area contributed by atoms with Gasteiger partial charge in [-0.05, 0) is 13.5 Å². The van der Waals surface area contributed by atoms with Gasteiger partial charge in [-0.3, -0.25) is 4.79 Å². The van der Waals surface area contributed by atoms with Crippen LogP contribution in [0, 0.1) is 5.21 Å². The van der Waals surface area contributed by atoms with Crippen LogP contribution >= 0.6 is 0 Å². The Bertz CT molecular complexity index is 175. The fraction of sp³-hybridized carbons (Fsp3) is 0.923. The molecule has 0 N–H and O–H groups in total. The Morgan fingerprint density at radius 3 is 1.76 bits per heavy atom. The number of carbonyl (C=O) groups is 1. The van der Waals surface area contributed by atoms with E-state index in [4.69, 9.17) is 0 Å². The summed E-state index contributed by atoms with van der Waals surface area (Å²) in [5, 5.41) is 11.0. The molecule has 3 nitrogen and oxygen atoms in total. The number of rotatable bonds is 10. The summed E-state index contributed by atoms with van der Waals surface area (Å²) >= 11 is 0. The number of nitrogens with zero attached hydrogens (tertiary/aromatic N) is 1. The molecule has 0 radical (unpaired) electrons. The summed E-state index contributed by atoms with van der Waals surface area (Å²) in [6.45, 7) is 2.23. The van der Waals surface area contributed by atoms with Gasteiger partial charge in [0.2, 0.25) is 5.91 Å². The van der Waals surface area contributed by atoms with E-state index in [-0.39, 0.29) is 35.5 Å². The first-order valence-corrected chi connectivity index (χ1v) is 6.62. The maximum atomic E-state index is 11.0. The molecule has 17 heavy (non-hydrogen) atoms. The molecule has 0 aliphatic carbocycles. The van der Waals surface area contributed by atoms with E-state index in [2.05, 4.69) is 6.92 Å². The first-order valence-electron chi connectivity index (χ1n) is 6.62. The molecular formula is C13H26NNaO2. The minimum atomic E-state index is -0.289. The summed E-state index contributed by atoms with van der Waals surface area (Å²) < 4.78 is 0. The Morgan fingerprint density at radius 2 is 1.35 bits per heavy atom. The summed E-state index contributed by atoms with van der Waals surface area (Å²) in [7, 11) is 1.27. The average molecular weight is 251 g/mol. The van der Waals surface area contributed by atoms with Gasteiger partial charge in [-0.2, -0.15) is 0 Å². The topological polar surface area (TPSA) is 43.4 Å². The zero-order valence-corrected chi connectivity index (χ0v) is 13.8. The molecule has 0 aliphatic rings. The van der Waals surface area contributed by atoms with E-state index in [1.165, 1.54) is 52.0 Å². The van der Waals surface area contributed by atoms with Crippen molar-refractivity contribution in [1.29, 1.82) is 0 Å². The van der Waals surface area contributed by atoms with E-state index in [0.29, 0.717) is 11.5 Å². The Hall–Kier alpha value is 0.430. The van der Waals surface area contributed by atoms with Crippen molar-refractivity contribution in [2.24, 2.45) is 0 Å². The van der Waals surface area contributed by atoms with Crippen LogP contribution in [0.4, 0.5) is 0 Å². The predicted molar refractivity (Wildman–Crippen MR) is 68.0 cm³/mol. The van der Waals surface area contributed by atoms with Gasteiger partial charge in [0.1, 0.15) is 0 Å². The molecule has 0 aromatic rings. The Labute approximate surface area is 128 Å². The van der Waals surface area contributed by atoms with Crippen molar-refractivity contribution in [1.82, 2.24) is 5.06 Å². The molecule has 0 atom stereocenters. The molecule has 0 aliphatic heterocycles. The predicted octanol–water partition coefficient (Wildman–Crippen LogP) is 0.867. The van der Waals surface area contributed by atoms with Crippen molar-refractivity contribution in [3.63, 3.8) is 0 Å². The molecule has 0 aromatic heterocycles. The second-order valence-corrected chi connectivity index (χ2v) is 4.47.